The van der Waals surface area contributed by atoms with Crippen molar-refractivity contribution >= 4 is 54.9 Å². The van der Waals surface area contributed by atoms with Crippen molar-refractivity contribution in [3.63, 3.8) is 0 Å². The highest BCUT2D eigenvalue weighted by Gasteiger charge is 2.11. The van der Waals surface area contributed by atoms with Crippen LogP contribution in [0.4, 0.5) is 5.69 Å². The first-order chi connectivity index (χ1) is 11.3. The first kappa shape index (κ1) is 19.0. The summed E-state index contributed by atoms with van der Waals surface area (Å²) in [6.45, 7) is 5.59. The SMILES string of the molecule is CCC(C)NC(=O)CSc1nc2ccc(NS(=O)(=O)CC)cc2s1. The van der Waals surface area contributed by atoms with Crippen molar-refractivity contribution < 1.29 is 13.2 Å². The average molecular weight is 388 g/mol. The number of benzene rings is 1. The van der Waals surface area contributed by atoms with E-state index in [-0.39, 0.29) is 17.7 Å². The quantitative estimate of drug-likeness (QED) is 0.680. The van der Waals surface area contributed by atoms with Crippen LogP contribution in [0.15, 0.2) is 22.5 Å². The van der Waals surface area contributed by atoms with E-state index in [2.05, 4.69) is 15.0 Å². The van der Waals surface area contributed by atoms with Crippen molar-refractivity contribution in [2.24, 2.45) is 0 Å². The molecule has 6 nitrogen and oxygen atoms in total. The summed E-state index contributed by atoms with van der Waals surface area (Å²) in [7, 11) is -3.29. The number of sulfonamides is 1. The lowest BCUT2D eigenvalue weighted by atomic mass is 10.3. The highest BCUT2D eigenvalue weighted by Crippen LogP contribution is 2.31. The Hall–Kier alpha value is -1.32. The number of aromatic nitrogens is 1. The van der Waals surface area contributed by atoms with E-state index >= 15 is 0 Å². The highest BCUT2D eigenvalue weighted by atomic mass is 32.2. The zero-order valence-corrected chi connectivity index (χ0v) is 16.3. The largest absolute Gasteiger partial charge is 0.353 e. The van der Waals surface area contributed by atoms with E-state index in [1.54, 1.807) is 25.1 Å². The fraction of sp³-hybridized carbons (Fsp3) is 0.467. The Morgan fingerprint density at radius 2 is 2.12 bits per heavy atom. The maximum absolute atomic E-state index is 11.8. The molecule has 0 fully saturated rings. The number of anilines is 1. The second kappa shape index (κ2) is 8.17. The van der Waals surface area contributed by atoms with Crippen LogP contribution in [-0.2, 0) is 14.8 Å². The molecule has 1 heterocycles. The van der Waals surface area contributed by atoms with Gasteiger partial charge in [0, 0.05) is 6.04 Å². The van der Waals surface area contributed by atoms with Gasteiger partial charge in [-0.3, -0.25) is 9.52 Å². The number of nitrogens with one attached hydrogen (secondary N) is 2. The van der Waals surface area contributed by atoms with Gasteiger partial charge >= 0.3 is 0 Å². The third kappa shape index (κ3) is 5.35. The van der Waals surface area contributed by atoms with Crippen molar-refractivity contribution in [2.75, 3.05) is 16.2 Å². The summed E-state index contributed by atoms with van der Waals surface area (Å²) in [6.07, 6.45) is 0.897. The number of thiazole rings is 1. The highest BCUT2D eigenvalue weighted by molar-refractivity contribution is 8.01. The molecule has 132 valence electrons. The van der Waals surface area contributed by atoms with Gasteiger partial charge in [-0.2, -0.15) is 0 Å². The van der Waals surface area contributed by atoms with Crippen molar-refractivity contribution in [1.82, 2.24) is 10.3 Å². The average Bonchev–Trinajstić information content (AvgIpc) is 2.94. The molecule has 0 aliphatic carbocycles. The predicted octanol–water partition coefficient (Wildman–Crippen LogP) is 3.06. The van der Waals surface area contributed by atoms with E-state index in [0.717, 1.165) is 21.0 Å². The molecule has 2 N–H and O–H groups in total. The van der Waals surface area contributed by atoms with Crippen molar-refractivity contribution in [2.45, 2.75) is 37.6 Å². The number of carbonyl (C=O) groups excluding carboxylic acids is 1. The van der Waals surface area contributed by atoms with Gasteiger partial charge in [0.25, 0.3) is 0 Å². The Balaban J connectivity index is 2.04. The molecule has 1 aromatic heterocycles. The molecule has 1 unspecified atom stereocenters. The van der Waals surface area contributed by atoms with E-state index < -0.39 is 10.0 Å². The summed E-state index contributed by atoms with van der Waals surface area (Å²) >= 11 is 2.84. The number of amides is 1. The smallest absolute Gasteiger partial charge is 0.232 e. The maximum atomic E-state index is 11.8. The molecular weight excluding hydrogens is 366 g/mol. The van der Waals surface area contributed by atoms with Gasteiger partial charge in [-0.05, 0) is 38.5 Å². The molecule has 1 atom stereocenters. The number of fused-ring (bicyclic) bond motifs is 1. The predicted molar refractivity (Wildman–Crippen MR) is 101 cm³/mol. The van der Waals surface area contributed by atoms with Crippen molar-refractivity contribution in [3.8, 4) is 0 Å². The van der Waals surface area contributed by atoms with Gasteiger partial charge in [-0.1, -0.05) is 18.7 Å². The molecule has 0 radical (unpaired) electrons. The molecule has 1 aromatic carbocycles. The topological polar surface area (TPSA) is 88.2 Å². The number of rotatable bonds is 8. The van der Waals surface area contributed by atoms with E-state index in [1.807, 2.05) is 13.8 Å². The van der Waals surface area contributed by atoms with Gasteiger partial charge in [0.05, 0.1) is 27.4 Å². The van der Waals surface area contributed by atoms with E-state index in [1.165, 1.54) is 23.1 Å². The minimum atomic E-state index is -3.29. The first-order valence-electron chi connectivity index (χ1n) is 7.66. The van der Waals surface area contributed by atoms with Crippen LogP contribution in [0.2, 0.25) is 0 Å². The lowest BCUT2D eigenvalue weighted by Crippen LogP contribution is -2.33. The van der Waals surface area contributed by atoms with Gasteiger partial charge < -0.3 is 5.32 Å². The summed E-state index contributed by atoms with van der Waals surface area (Å²) in [6, 6.07) is 5.41. The molecule has 2 aromatic rings. The molecule has 0 aliphatic heterocycles. The molecule has 0 saturated heterocycles. The molecular formula is C15H21N3O3S3. The van der Waals surface area contributed by atoms with Crippen LogP contribution in [-0.4, -0.2) is 36.9 Å². The minimum Gasteiger partial charge on any atom is -0.353 e. The van der Waals surface area contributed by atoms with Gasteiger partial charge in [0.2, 0.25) is 15.9 Å². The lowest BCUT2D eigenvalue weighted by Gasteiger charge is -2.10. The summed E-state index contributed by atoms with van der Waals surface area (Å²) < 4.78 is 27.5. The van der Waals surface area contributed by atoms with Gasteiger partial charge in [-0.15, -0.1) is 11.3 Å². The van der Waals surface area contributed by atoms with E-state index in [4.69, 9.17) is 0 Å². The van der Waals surface area contributed by atoms with Gasteiger partial charge in [-0.25, -0.2) is 13.4 Å². The van der Waals surface area contributed by atoms with Crippen LogP contribution < -0.4 is 10.0 Å². The zero-order valence-electron chi connectivity index (χ0n) is 13.8. The van der Waals surface area contributed by atoms with Crippen molar-refractivity contribution in [3.05, 3.63) is 18.2 Å². The fourth-order valence-corrected chi connectivity index (χ4v) is 4.38. The molecule has 0 bridgehead atoms. The second-order valence-corrected chi connectivity index (χ2v) is 9.60. The number of nitrogens with zero attached hydrogens (tertiary/aromatic N) is 1. The third-order valence-electron chi connectivity index (χ3n) is 3.37. The third-order valence-corrected chi connectivity index (χ3v) is 6.84. The van der Waals surface area contributed by atoms with Crippen LogP contribution in [0.3, 0.4) is 0 Å². The number of hydrogen-bond acceptors (Lipinski definition) is 6. The maximum Gasteiger partial charge on any atom is 0.232 e. The van der Waals surface area contributed by atoms with E-state index in [0.29, 0.717) is 11.4 Å². The normalized spacial score (nSPS) is 13.0. The number of carbonyl (C=O) groups is 1. The Morgan fingerprint density at radius 3 is 2.79 bits per heavy atom. The summed E-state index contributed by atoms with van der Waals surface area (Å²) in [5, 5.41) is 2.92. The van der Waals surface area contributed by atoms with Crippen LogP contribution in [0.5, 0.6) is 0 Å². The monoisotopic (exact) mass is 387 g/mol. The van der Waals surface area contributed by atoms with Crippen LogP contribution in [0, 0.1) is 0 Å². The van der Waals surface area contributed by atoms with Crippen LogP contribution in [0.25, 0.3) is 10.2 Å². The molecule has 2 rings (SSSR count). The van der Waals surface area contributed by atoms with Gasteiger partial charge in [0.1, 0.15) is 0 Å². The van der Waals surface area contributed by atoms with Gasteiger partial charge in [0.15, 0.2) is 4.34 Å². The summed E-state index contributed by atoms with van der Waals surface area (Å²) in [5.74, 6) is 0.338. The fourth-order valence-electron chi connectivity index (χ4n) is 1.83. The molecule has 0 aliphatic rings. The molecule has 1 amide bonds. The Morgan fingerprint density at radius 1 is 1.38 bits per heavy atom. The molecule has 9 heteroatoms. The van der Waals surface area contributed by atoms with Crippen LogP contribution >= 0.6 is 23.1 Å². The Labute approximate surface area is 150 Å². The Kier molecular flexibility index (Phi) is 6.47. The molecule has 0 saturated carbocycles. The zero-order chi connectivity index (χ0) is 17.7. The molecule has 24 heavy (non-hydrogen) atoms. The van der Waals surface area contributed by atoms with Crippen LogP contribution in [0.1, 0.15) is 27.2 Å². The Bertz CT molecular complexity index is 818. The molecule has 0 spiro atoms. The minimum absolute atomic E-state index is 0.00926. The first-order valence-corrected chi connectivity index (χ1v) is 11.1. The summed E-state index contributed by atoms with van der Waals surface area (Å²) in [4.78, 5) is 16.3. The lowest BCUT2D eigenvalue weighted by molar-refractivity contribution is -0.119. The van der Waals surface area contributed by atoms with Crippen molar-refractivity contribution in [1.29, 1.82) is 0 Å². The summed E-state index contributed by atoms with van der Waals surface area (Å²) in [5.41, 5.74) is 1.32. The number of hydrogen-bond donors (Lipinski definition) is 2. The second-order valence-electron chi connectivity index (χ2n) is 5.33. The standard InChI is InChI=1S/C15H21N3O3S3/c1-4-10(3)16-14(19)9-22-15-17-12-7-6-11(8-13(12)23-15)18-24(20,21)5-2/h6-8,10,18H,4-5,9H2,1-3H3,(H,16,19). The van der Waals surface area contributed by atoms with E-state index in [9.17, 15) is 13.2 Å². The number of thioether (sulfide) groups is 1.